The van der Waals surface area contributed by atoms with Crippen LogP contribution in [0.25, 0.3) is 39.4 Å². The zero-order valence-corrected chi connectivity index (χ0v) is 13.8. The van der Waals surface area contributed by atoms with Crippen molar-refractivity contribution >= 4 is 5.65 Å². The molecule has 0 amide bonds. The Balaban J connectivity index is 1.65. The molecule has 0 N–H and O–H groups in total. The van der Waals surface area contributed by atoms with E-state index in [9.17, 15) is 0 Å². The summed E-state index contributed by atoms with van der Waals surface area (Å²) < 4.78 is 7.25. The summed E-state index contributed by atoms with van der Waals surface area (Å²) in [5.41, 5.74) is 6.74. The van der Waals surface area contributed by atoms with Crippen LogP contribution in [-0.2, 0) is 0 Å². The van der Waals surface area contributed by atoms with Crippen LogP contribution in [0.1, 0.15) is 0 Å². The molecular formula is C21H14N4O. The van der Waals surface area contributed by atoms with Crippen LogP contribution in [0.4, 0.5) is 0 Å². The molecule has 5 nitrogen and oxygen atoms in total. The van der Waals surface area contributed by atoms with Crippen molar-refractivity contribution in [1.29, 1.82) is 0 Å². The fraction of sp³-hybridized carbons (Fsp3) is 0. The Labute approximate surface area is 149 Å². The van der Waals surface area contributed by atoms with Gasteiger partial charge in [0.2, 0.25) is 0 Å². The average molecular weight is 338 g/mol. The molecule has 0 fully saturated rings. The molecule has 0 saturated carbocycles. The molecule has 0 bridgehead atoms. The Morgan fingerprint density at radius 3 is 2.58 bits per heavy atom. The fourth-order valence-electron chi connectivity index (χ4n) is 3.04. The van der Waals surface area contributed by atoms with Gasteiger partial charge in [0.1, 0.15) is 5.65 Å². The van der Waals surface area contributed by atoms with Crippen molar-refractivity contribution < 1.29 is 4.42 Å². The lowest BCUT2D eigenvalue weighted by atomic mass is 10.1. The molecule has 26 heavy (non-hydrogen) atoms. The minimum Gasteiger partial charge on any atom is -0.472 e. The third kappa shape index (κ3) is 2.46. The van der Waals surface area contributed by atoms with Crippen molar-refractivity contribution in [3.63, 3.8) is 0 Å². The lowest BCUT2D eigenvalue weighted by molar-refractivity contribution is 0.568. The van der Waals surface area contributed by atoms with E-state index in [-0.39, 0.29) is 0 Å². The maximum absolute atomic E-state index is 5.17. The van der Waals surface area contributed by atoms with Crippen LogP contribution in [0.2, 0.25) is 0 Å². The molecule has 124 valence electrons. The lowest BCUT2D eigenvalue weighted by Crippen LogP contribution is -1.92. The number of pyridine rings is 3. The first kappa shape index (κ1) is 14.6. The highest BCUT2D eigenvalue weighted by Gasteiger charge is 2.10. The van der Waals surface area contributed by atoms with Crippen LogP contribution in [0.5, 0.6) is 0 Å². The van der Waals surface area contributed by atoms with Crippen LogP contribution in [0, 0.1) is 0 Å². The van der Waals surface area contributed by atoms with E-state index in [0.29, 0.717) is 0 Å². The summed E-state index contributed by atoms with van der Waals surface area (Å²) in [5.74, 6) is 0. The van der Waals surface area contributed by atoms with Gasteiger partial charge in [0.15, 0.2) is 0 Å². The predicted molar refractivity (Wildman–Crippen MR) is 99.4 cm³/mol. The fourth-order valence-corrected chi connectivity index (χ4v) is 3.04. The highest BCUT2D eigenvalue weighted by Crippen LogP contribution is 2.27. The summed E-state index contributed by atoms with van der Waals surface area (Å²) in [6.45, 7) is 0. The number of aromatic nitrogens is 4. The van der Waals surface area contributed by atoms with Crippen LogP contribution in [0.3, 0.4) is 0 Å². The molecule has 0 saturated heterocycles. The Morgan fingerprint density at radius 1 is 0.769 bits per heavy atom. The second-order valence-electron chi connectivity index (χ2n) is 5.95. The molecule has 0 aliphatic rings. The van der Waals surface area contributed by atoms with Crippen LogP contribution >= 0.6 is 0 Å². The molecule has 0 aliphatic heterocycles. The zero-order chi connectivity index (χ0) is 17.3. The van der Waals surface area contributed by atoms with Gasteiger partial charge in [-0.1, -0.05) is 6.07 Å². The zero-order valence-electron chi connectivity index (χ0n) is 13.8. The maximum atomic E-state index is 5.17. The first-order chi connectivity index (χ1) is 12.9. The quantitative estimate of drug-likeness (QED) is 0.478. The van der Waals surface area contributed by atoms with Gasteiger partial charge in [-0.25, -0.2) is 4.98 Å². The molecule has 5 heteroatoms. The molecule has 0 atom stereocenters. The molecule has 5 aromatic heterocycles. The van der Waals surface area contributed by atoms with Gasteiger partial charge in [-0.15, -0.1) is 0 Å². The molecule has 0 aliphatic carbocycles. The largest absolute Gasteiger partial charge is 0.472 e. The van der Waals surface area contributed by atoms with Gasteiger partial charge in [0.05, 0.1) is 35.8 Å². The van der Waals surface area contributed by atoms with E-state index in [2.05, 4.69) is 25.5 Å². The Hall–Kier alpha value is -3.73. The molecule has 0 radical (unpaired) electrons. The van der Waals surface area contributed by atoms with E-state index in [1.165, 1.54) is 0 Å². The van der Waals surface area contributed by atoms with Gasteiger partial charge in [-0.2, -0.15) is 0 Å². The van der Waals surface area contributed by atoms with Gasteiger partial charge in [0, 0.05) is 35.3 Å². The Kier molecular flexibility index (Phi) is 3.35. The number of nitrogens with zero attached hydrogens (tertiary/aromatic N) is 4. The molecular weight excluding hydrogens is 324 g/mol. The van der Waals surface area contributed by atoms with E-state index in [4.69, 9.17) is 4.42 Å². The van der Waals surface area contributed by atoms with E-state index in [0.717, 1.165) is 39.4 Å². The number of furan rings is 1. The third-order valence-corrected chi connectivity index (χ3v) is 4.34. The molecule has 0 spiro atoms. The second-order valence-corrected chi connectivity index (χ2v) is 5.95. The summed E-state index contributed by atoms with van der Waals surface area (Å²) >= 11 is 0. The first-order valence-electron chi connectivity index (χ1n) is 8.26. The number of hydrogen-bond donors (Lipinski definition) is 0. The molecule has 5 aromatic rings. The summed E-state index contributed by atoms with van der Waals surface area (Å²) in [7, 11) is 0. The molecule has 0 unspecified atom stereocenters. The van der Waals surface area contributed by atoms with E-state index >= 15 is 0 Å². The minimum atomic E-state index is 0.868. The monoisotopic (exact) mass is 338 g/mol. The normalized spacial score (nSPS) is 11.1. The van der Waals surface area contributed by atoms with E-state index < -0.39 is 0 Å². The average Bonchev–Trinajstić information content (AvgIpc) is 3.38. The van der Waals surface area contributed by atoms with Gasteiger partial charge in [-0.3, -0.25) is 14.4 Å². The van der Waals surface area contributed by atoms with Crippen molar-refractivity contribution in [2.45, 2.75) is 0 Å². The van der Waals surface area contributed by atoms with Gasteiger partial charge < -0.3 is 4.42 Å². The summed E-state index contributed by atoms with van der Waals surface area (Å²) in [6.07, 6.45) is 10.9. The maximum Gasteiger partial charge on any atom is 0.137 e. The minimum absolute atomic E-state index is 0.868. The van der Waals surface area contributed by atoms with Crippen molar-refractivity contribution in [1.82, 2.24) is 19.4 Å². The van der Waals surface area contributed by atoms with Crippen LogP contribution in [0.15, 0.2) is 90.3 Å². The van der Waals surface area contributed by atoms with Gasteiger partial charge >= 0.3 is 0 Å². The summed E-state index contributed by atoms with van der Waals surface area (Å²) in [4.78, 5) is 13.4. The van der Waals surface area contributed by atoms with Crippen molar-refractivity contribution in [2.24, 2.45) is 0 Å². The van der Waals surface area contributed by atoms with Crippen molar-refractivity contribution in [2.75, 3.05) is 0 Å². The topological polar surface area (TPSA) is 56.2 Å². The molecule has 5 rings (SSSR count). The van der Waals surface area contributed by atoms with Crippen LogP contribution in [-0.4, -0.2) is 19.4 Å². The predicted octanol–water partition coefficient (Wildman–Crippen LogP) is 4.72. The first-order valence-corrected chi connectivity index (χ1v) is 8.26. The molecule has 5 heterocycles. The van der Waals surface area contributed by atoms with E-state index in [1.807, 2.05) is 54.7 Å². The number of imidazole rings is 1. The van der Waals surface area contributed by atoms with Crippen LogP contribution < -0.4 is 0 Å². The van der Waals surface area contributed by atoms with Crippen molar-refractivity contribution in [3.8, 4) is 33.8 Å². The summed E-state index contributed by atoms with van der Waals surface area (Å²) in [5, 5.41) is 0. The SMILES string of the molecule is c1ccc(-c2ccc3ncc(-c4ccnc(-c5ccoc5)c4)n3c2)nc1. The van der Waals surface area contributed by atoms with Gasteiger partial charge in [0.25, 0.3) is 0 Å². The highest BCUT2D eigenvalue weighted by molar-refractivity contribution is 5.71. The highest BCUT2D eigenvalue weighted by atomic mass is 16.3. The second kappa shape index (κ2) is 5.97. The Morgan fingerprint density at radius 2 is 1.73 bits per heavy atom. The van der Waals surface area contributed by atoms with Crippen molar-refractivity contribution in [3.05, 3.63) is 85.8 Å². The lowest BCUT2D eigenvalue weighted by Gasteiger charge is -2.06. The number of rotatable bonds is 3. The number of fused-ring (bicyclic) bond motifs is 1. The number of hydrogen-bond acceptors (Lipinski definition) is 4. The standard InChI is InChI=1S/C21H14N4O/c1-2-8-22-18(3-1)16-4-5-21-24-12-20(25(21)13-16)15-6-9-23-19(11-15)17-7-10-26-14-17/h1-14H. The Bertz CT molecular complexity index is 1180. The summed E-state index contributed by atoms with van der Waals surface area (Å²) in [6, 6.07) is 15.9. The van der Waals surface area contributed by atoms with E-state index in [1.54, 1.807) is 24.9 Å². The third-order valence-electron chi connectivity index (χ3n) is 4.34. The smallest absolute Gasteiger partial charge is 0.137 e. The van der Waals surface area contributed by atoms with Gasteiger partial charge in [-0.05, 0) is 42.5 Å². The molecule has 0 aromatic carbocycles.